The maximum absolute atomic E-state index is 13.8. The van der Waals surface area contributed by atoms with E-state index < -0.39 is 40.6 Å². The number of hydrogen-bond acceptors (Lipinski definition) is 3. The van der Waals surface area contributed by atoms with Crippen molar-refractivity contribution in [3.63, 3.8) is 0 Å². The molecule has 3 N–H and O–H groups in total. The lowest BCUT2D eigenvalue weighted by molar-refractivity contribution is -0.285. The Labute approximate surface area is 157 Å². The van der Waals surface area contributed by atoms with Gasteiger partial charge in [0, 0.05) is 5.56 Å². The van der Waals surface area contributed by atoms with Gasteiger partial charge >= 0.3 is 6.18 Å². The summed E-state index contributed by atoms with van der Waals surface area (Å²) in [4.78, 5) is 13.0. The van der Waals surface area contributed by atoms with Crippen LogP contribution < -0.4 is 10.6 Å². The predicted molar refractivity (Wildman–Crippen MR) is 93.3 cm³/mol. The summed E-state index contributed by atoms with van der Waals surface area (Å²) in [7, 11) is 0. The van der Waals surface area contributed by atoms with Gasteiger partial charge in [0.1, 0.15) is 11.7 Å². The zero-order chi connectivity index (χ0) is 19.8. The molecule has 27 heavy (non-hydrogen) atoms. The summed E-state index contributed by atoms with van der Waals surface area (Å²) in [6, 6.07) is 10.6. The van der Waals surface area contributed by atoms with Gasteiger partial charge in [-0.25, -0.2) is 4.39 Å². The first-order chi connectivity index (χ1) is 12.6. The molecule has 3 atom stereocenters. The van der Waals surface area contributed by atoms with Crippen LogP contribution >= 0.6 is 12.2 Å². The highest BCUT2D eigenvalue weighted by atomic mass is 32.1. The minimum atomic E-state index is -5.20. The van der Waals surface area contributed by atoms with Crippen LogP contribution in [0, 0.1) is 11.7 Å². The number of halogens is 4. The SMILES string of the molecule is O=C(c1ccccc1)[C@H]1[C@H](c2ccc(F)cc2)NC(=S)N[C@@]1(O)C(F)(F)F. The lowest BCUT2D eigenvalue weighted by atomic mass is 9.77. The third-order valence-corrected chi connectivity index (χ3v) is 4.60. The van der Waals surface area contributed by atoms with Gasteiger partial charge in [0.05, 0.1) is 6.04 Å². The lowest BCUT2D eigenvalue weighted by Crippen LogP contribution is -2.72. The Hall–Kier alpha value is -2.52. The molecular weight excluding hydrogens is 384 g/mol. The van der Waals surface area contributed by atoms with Crippen molar-refractivity contribution in [2.24, 2.45) is 5.92 Å². The maximum atomic E-state index is 13.8. The van der Waals surface area contributed by atoms with Crippen molar-refractivity contribution in [2.45, 2.75) is 17.9 Å². The van der Waals surface area contributed by atoms with Crippen LogP contribution in [0.1, 0.15) is 22.0 Å². The number of rotatable bonds is 3. The molecule has 2 aromatic rings. The smallest absolute Gasteiger partial charge is 0.363 e. The molecule has 0 spiro atoms. The Kier molecular flexibility index (Phi) is 4.92. The van der Waals surface area contributed by atoms with E-state index in [9.17, 15) is 27.5 Å². The number of thiocarbonyl (C=S) groups is 1. The van der Waals surface area contributed by atoms with E-state index in [0.29, 0.717) is 0 Å². The fourth-order valence-electron chi connectivity index (χ4n) is 3.07. The second kappa shape index (κ2) is 6.90. The third-order valence-electron chi connectivity index (χ3n) is 4.38. The standard InChI is InChI=1S/C18H14F4N2O2S/c19-12-8-6-10(7-9-12)14-13(15(25)11-4-2-1-3-5-11)17(26,18(20,21)22)24-16(27)23-14/h1-9,13-14,26H,(H2,23,24,27)/t13-,14+,17+/m1/s1. The molecule has 0 amide bonds. The minimum Gasteiger partial charge on any atom is -0.363 e. The molecule has 0 unspecified atom stereocenters. The predicted octanol–water partition coefficient (Wildman–Crippen LogP) is 3.09. The van der Waals surface area contributed by atoms with Crippen molar-refractivity contribution < 1.29 is 27.5 Å². The average Bonchev–Trinajstić information content (AvgIpc) is 2.61. The summed E-state index contributed by atoms with van der Waals surface area (Å²) in [6.07, 6.45) is -5.20. The largest absolute Gasteiger partial charge is 0.437 e. The molecule has 1 saturated heterocycles. The van der Waals surface area contributed by atoms with E-state index in [4.69, 9.17) is 12.2 Å². The number of carbonyl (C=O) groups excluding carboxylic acids is 1. The normalized spacial score (nSPS) is 25.4. The Morgan fingerprint density at radius 1 is 1.07 bits per heavy atom. The van der Waals surface area contributed by atoms with Crippen LogP contribution in [0.2, 0.25) is 0 Å². The Morgan fingerprint density at radius 3 is 2.22 bits per heavy atom. The van der Waals surface area contributed by atoms with Crippen LogP contribution in [-0.2, 0) is 0 Å². The van der Waals surface area contributed by atoms with E-state index in [0.717, 1.165) is 12.1 Å². The fourth-order valence-corrected chi connectivity index (χ4v) is 3.35. The Morgan fingerprint density at radius 2 is 1.67 bits per heavy atom. The molecule has 1 fully saturated rings. The molecule has 0 bridgehead atoms. The van der Waals surface area contributed by atoms with Crippen LogP contribution in [0.15, 0.2) is 54.6 Å². The van der Waals surface area contributed by atoms with Crippen LogP contribution in [0.25, 0.3) is 0 Å². The number of alkyl halides is 3. The van der Waals surface area contributed by atoms with Gasteiger partial charge in [0.25, 0.3) is 0 Å². The van der Waals surface area contributed by atoms with Gasteiger partial charge in [-0.15, -0.1) is 0 Å². The molecule has 0 aliphatic carbocycles. The molecule has 1 heterocycles. The Bertz CT molecular complexity index is 858. The Balaban J connectivity index is 2.15. The second-order valence-corrected chi connectivity index (χ2v) is 6.51. The van der Waals surface area contributed by atoms with E-state index in [1.54, 1.807) is 11.4 Å². The number of aliphatic hydroxyl groups is 1. The summed E-state index contributed by atoms with van der Waals surface area (Å²) in [5.74, 6) is -3.53. The first kappa shape index (κ1) is 19.2. The zero-order valence-corrected chi connectivity index (χ0v) is 14.4. The molecule has 2 aromatic carbocycles. The van der Waals surface area contributed by atoms with Gasteiger partial charge < -0.3 is 15.7 Å². The number of ketones is 1. The first-order valence-electron chi connectivity index (χ1n) is 7.86. The maximum Gasteiger partial charge on any atom is 0.437 e. The monoisotopic (exact) mass is 398 g/mol. The summed E-state index contributed by atoms with van der Waals surface area (Å²) in [6.45, 7) is 0. The second-order valence-electron chi connectivity index (χ2n) is 6.10. The van der Waals surface area contributed by atoms with Crippen LogP contribution in [0.5, 0.6) is 0 Å². The van der Waals surface area contributed by atoms with Crippen LogP contribution in [0.3, 0.4) is 0 Å². The van der Waals surface area contributed by atoms with E-state index >= 15 is 0 Å². The number of Topliss-reactive ketones (excluding diaryl/α,β-unsaturated/α-hetero) is 1. The van der Waals surface area contributed by atoms with Gasteiger partial charge in [-0.1, -0.05) is 42.5 Å². The van der Waals surface area contributed by atoms with Gasteiger partial charge in [-0.3, -0.25) is 4.79 Å². The van der Waals surface area contributed by atoms with Crippen molar-refractivity contribution >= 4 is 23.1 Å². The minimum absolute atomic E-state index is 0.00583. The van der Waals surface area contributed by atoms with Crippen LogP contribution in [0.4, 0.5) is 17.6 Å². The molecule has 0 saturated carbocycles. The highest BCUT2D eigenvalue weighted by Gasteiger charge is 2.65. The van der Waals surface area contributed by atoms with Gasteiger partial charge in [-0.05, 0) is 29.9 Å². The van der Waals surface area contributed by atoms with E-state index in [1.165, 1.54) is 36.4 Å². The molecule has 1 aliphatic rings. The number of benzene rings is 2. The quantitative estimate of drug-likeness (QED) is 0.421. The molecule has 9 heteroatoms. The summed E-state index contributed by atoms with van der Waals surface area (Å²) in [5, 5.41) is 14.4. The number of nitrogens with one attached hydrogen (secondary N) is 2. The van der Waals surface area contributed by atoms with Gasteiger partial charge in [0.2, 0.25) is 5.72 Å². The molecule has 142 valence electrons. The van der Waals surface area contributed by atoms with E-state index in [1.807, 2.05) is 0 Å². The summed E-state index contributed by atoms with van der Waals surface area (Å²) in [5.41, 5.74) is -3.42. The number of hydrogen-bond donors (Lipinski definition) is 3. The fraction of sp³-hybridized carbons (Fsp3) is 0.222. The molecule has 0 radical (unpaired) electrons. The molecule has 4 nitrogen and oxygen atoms in total. The van der Waals surface area contributed by atoms with E-state index in [2.05, 4.69) is 5.32 Å². The highest BCUT2D eigenvalue weighted by molar-refractivity contribution is 7.80. The van der Waals surface area contributed by atoms with Gasteiger partial charge in [0.15, 0.2) is 10.9 Å². The summed E-state index contributed by atoms with van der Waals surface area (Å²) < 4.78 is 54.5. The first-order valence-corrected chi connectivity index (χ1v) is 8.27. The van der Waals surface area contributed by atoms with Crippen molar-refractivity contribution in [1.29, 1.82) is 0 Å². The van der Waals surface area contributed by atoms with Crippen molar-refractivity contribution in [2.75, 3.05) is 0 Å². The topological polar surface area (TPSA) is 61.4 Å². The molecule has 0 aromatic heterocycles. The molecular formula is C18H14F4N2O2S. The lowest BCUT2D eigenvalue weighted by Gasteiger charge is -2.46. The third kappa shape index (κ3) is 3.52. The average molecular weight is 398 g/mol. The van der Waals surface area contributed by atoms with Crippen molar-refractivity contribution in [3.8, 4) is 0 Å². The molecule has 1 aliphatic heterocycles. The van der Waals surface area contributed by atoms with E-state index in [-0.39, 0.29) is 11.1 Å². The number of carbonyl (C=O) groups is 1. The van der Waals surface area contributed by atoms with Crippen LogP contribution in [-0.4, -0.2) is 27.9 Å². The molecule has 3 rings (SSSR count). The van der Waals surface area contributed by atoms with Crippen molar-refractivity contribution in [3.05, 3.63) is 71.5 Å². The van der Waals surface area contributed by atoms with Crippen molar-refractivity contribution in [1.82, 2.24) is 10.6 Å². The highest BCUT2D eigenvalue weighted by Crippen LogP contribution is 2.43. The van der Waals surface area contributed by atoms with Gasteiger partial charge in [-0.2, -0.15) is 13.2 Å². The zero-order valence-electron chi connectivity index (χ0n) is 13.6. The summed E-state index contributed by atoms with van der Waals surface area (Å²) >= 11 is 4.81.